The predicted octanol–water partition coefficient (Wildman–Crippen LogP) is 2.61. The Hall–Kier alpha value is 0.0569. The third-order valence-electron chi connectivity index (χ3n) is 4.44. The minimum absolute atomic E-state index is 0.164. The number of methoxy groups -OCH3 is 1. The van der Waals surface area contributed by atoms with Crippen molar-refractivity contribution in [3.05, 3.63) is 0 Å². The molecular formula is C14H31NO3Si. The second-order valence-electron chi connectivity index (χ2n) is 5.42. The minimum Gasteiger partial charge on any atom is -0.396 e. The molecule has 1 heterocycles. The summed E-state index contributed by atoms with van der Waals surface area (Å²) >= 11 is 0. The highest BCUT2D eigenvalue weighted by Crippen LogP contribution is 2.42. The highest BCUT2D eigenvalue weighted by molar-refractivity contribution is 6.70. The van der Waals surface area contributed by atoms with Gasteiger partial charge in [-0.25, -0.2) is 0 Å². The molecule has 0 aromatic rings. The maximum absolute atomic E-state index is 5.97. The van der Waals surface area contributed by atoms with Crippen molar-refractivity contribution >= 4 is 8.56 Å². The molecule has 0 aliphatic carbocycles. The van der Waals surface area contributed by atoms with E-state index in [1.54, 1.807) is 14.2 Å². The van der Waals surface area contributed by atoms with Gasteiger partial charge < -0.3 is 18.9 Å². The molecule has 1 fully saturated rings. The van der Waals surface area contributed by atoms with Gasteiger partial charge in [0.25, 0.3) is 0 Å². The Morgan fingerprint density at radius 3 is 2.42 bits per heavy atom. The van der Waals surface area contributed by atoms with E-state index in [9.17, 15) is 0 Å². The van der Waals surface area contributed by atoms with Crippen molar-refractivity contribution in [2.75, 3.05) is 34.4 Å². The van der Waals surface area contributed by atoms with Crippen molar-refractivity contribution in [2.45, 2.75) is 56.7 Å². The van der Waals surface area contributed by atoms with Gasteiger partial charge in [0.05, 0.1) is 0 Å². The first-order valence-corrected chi connectivity index (χ1v) is 9.59. The second-order valence-corrected chi connectivity index (χ2v) is 9.15. The van der Waals surface area contributed by atoms with Gasteiger partial charge >= 0.3 is 8.56 Å². The Morgan fingerprint density at radius 1 is 1.11 bits per heavy atom. The van der Waals surface area contributed by atoms with Crippen molar-refractivity contribution in [2.24, 2.45) is 0 Å². The fraction of sp³-hybridized carbons (Fsp3) is 1.00. The predicted molar refractivity (Wildman–Crippen MR) is 80.6 cm³/mol. The lowest BCUT2D eigenvalue weighted by Gasteiger charge is -2.48. The van der Waals surface area contributed by atoms with Crippen LogP contribution in [0.5, 0.6) is 0 Å². The molecule has 1 aliphatic rings. The first-order chi connectivity index (χ1) is 9.20. The molecule has 0 saturated carbocycles. The summed E-state index contributed by atoms with van der Waals surface area (Å²) in [6.07, 6.45) is 6.84. The summed E-state index contributed by atoms with van der Waals surface area (Å²) in [5, 5.41) is 3.29. The monoisotopic (exact) mass is 289 g/mol. The number of hydrogen-bond donors (Lipinski definition) is 1. The fourth-order valence-electron chi connectivity index (χ4n) is 3.32. The van der Waals surface area contributed by atoms with Gasteiger partial charge in [-0.2, -0.15) is 0 Å². The summed E-state index contributed by atoms with van der Waals surface area (Å²) in [5.41, 5.74) is 0. The lowest BCUT2D eigenvalue weighted by atomic mass is 10.1. The summed E-state index contributed by atoms with van der Waals surface area (Å²) in [6.45, 7) is 4.34. The van der Waals surface area contributed by atoms with Crippen LogP contribution in [0.15, 0.2) is 0 Å². The average Bonchev–Trinajstić information content (AvgIpc) is 2.47. The smallest absolute Gasteiger partial charge is 0.370 e. The van der Waals surface area contributed by atoms with Crippen LogP contribution in [-0.4, -0.2) is 48.2 Å². The van der Waals surface area contributed by atoms with Crippen LogP contribution in [-0.2, 0) is 13.6 Å². The first kappa shape index (κ1) is 17.1. The van der Waals surface area contributed by atoms with Crippen molar-refractivity contribution in [1.82, 2.24) is 5.32 Å². The normalized spacial score (nSPS) is 26.5. The van der Waals surface area contributed by atoms with E-state index >= 15 is 0 Å². The average molecular weight is 289 g/mol. The fourth-order valence-corrected chi connectivity index (χ4v) is 7.24. The van der Waals surface area contributed by atoms with E-state index in [4.69, 9.17) is 13.6 Å². The van der Waals surface area contributed by atoms with Gasteiger partial charge in [-0.05, 0) is 44.8 Å². The van der Waals surface area contributed by atoms with Crippen LogP contribution in [0.1, 0.15) is 45.4 Å². The molecule has 19 heavy (non-hydrogen) atoms. The van der Waals surface area contributed by atoms with Gasteiger partial charge in [-0.1, -0.05) is 19.8 Å². The Kier molecular flexibility index (Phi) is 7.53. The van der Waals surface area contributed by atoms with E-state index in [0.29, 0.717) is 0 Å². The lowest BCUT2D eigenvalue weighted by molar-refractivity contribution is -0.0156. The Labute approximate surface area is 119 Å². The van der Waals surface area contributed by atoms with Crippen LogP contribution in [0.25, 0.3) is 0 Å². The van der Waals surface area contributed by atoms with E-state index in [2.05, 4.69) is 12.2 Å². The molecule has 1 N–H and O–H groups in total. The topological polar surface area (TPSA) is 39.7 Å². The zero-order valence-corrected chi connectivity index (χ0v) is 14.1. The molecular weight excluding hydrogens is 258 g/mol. The summed E-state index contributed by atoms with van der Waals surface area (Å²) in [7, 11) is 3.19. The van der Waals surface area contributed by atoms with Gasteiger partial charge in [-0.3, -0.25) is 0 Å². The Balaban J connectivity index is 2.63. The van der Waals surface area contributed by atoms with Crippen LogP contribution in [0.3, 0.4) is 0 Å². The number of hydrogen-bond acceptors (Lipinski definition) is 4. The molecule has 0 aromatic carbocycles. The quantitative estimate of drug-likeness (QED) is 0.523. The van der Waals surface area contributed by atoms with E-state index in [1.165, 1.54) is 19.3 Å². The van der Waals surface area contributed by atoms with E-state index < -0.39 is 8.56 Å². The molecule has 0 spiro atoms. The van der Waals surface area contributed by atoms with Gasteiger partial charge in [0.2, 0.25) is 0 Å². The van der Waals surface area contributed by atoms with Crippen molar-refractivity contribution < 1.29 is 13.6 Å². The third kappa shape index (κ3) is 3.79. The summed E-state index contributed by atoms with van der Waals surface area (Å²) < 4.78 is 17.7. The summed E-state index contributed by atoms with van der Waals surface area (Å²) in [4.78, 5) is 0. The number of nitrogens with one attached hydrogen (secondary N) is 1. The zero-order chi connectivity index (χ0) is 14.2. The molecule has 1 saturated heterocycles. The molecule has 1 atom stereocenters. The Morgan fingerprint density at radius 2 is 1.84 bits per heavy atom. The van der Waals surface area contributed by atoms with Crippen LogP contribution < -0.4 is 5.32 Å². The molecule has 0 bridgehead atoms. The molecule has 5 heteroatoms. The molecule has 4 nitrogen and oxygen atoms in total. The summed E-state index contributed by atoms with van der Waals surface area (Å²) in [5.74, 6) is 0. The van der Waals surface area contributed by atoms with Crippen molar-refractivity contribution in [3.63, 3.8) is 0 Å². The standard InChI is InChI=1S/C14H31NO3Si/c1-5-11-15-12-8-10-14(16-2)9-6-7-13-19(14,17-3)18-4/h15H,5-13H2,1-4H3. The van der Waals surface area contributed by atoms with Crippen LogP contribution in [0.2, 0.25) is 6.04 Å². The SMILES string of the molecule is CCCNCCCC1(OC)CCCC[Si]1(OC)OC. The Bertz CT molecular complexity index is 249. The van der Waals surface area contributed by atoms with Gasteiger partial charge in [0.1, 0.15) is 5.22 Å². The van der Waals surface area contributed by atoms with Crippen molar-refractivity contribution in [3.8, 4) is 0 Å². The molecule has 0 amide bonds. The maximum Gasteiger partial charge on any atom is 0.370 e. The minimum atomic E-state index is -2.23. The van der Waals surface area contributed by atoms with E-state index in [0.717, 1.165) is 38.4 Å². The van der Waals surface area contributed by atoms with Gasteiger partial charge in [0.15, 0.2) is 0 Å². The molecule has 114 valence electrons. The lowest BCUT2D eigenvalue weighted by Crippen LogP contribution is -2.64. The van der Waals surface area contributed by atoms with E-state index in [1.807, 2.05) is 7.11 Å². The molecule has 1 unspecified atom stereocenters. The molecule has 1 aliphatic heterocycles. The molecule has 0 radical (unpaired) electrons. The third-order valence-corrected chi connectivity index (χ3v) is 8.87. The van der Waals surface area contributed by atoms with Crippen LogP contribution in [0, 0.1) is 0 Å². The van der Waals surface area contributed by atoms with Gasteiger partial charge in [0, 0.05) is 21.3 Å². The first-order valence-electron chi connectivity index (χ1n) is 7.56. The molecule has 1 rings (SSSR count). The van der Waals surface area contributed by atoms with Crippen LogP contribution >= 0.6 is 0 Å². The van der Waals surface area contributed by atoms with E-state index in [-0.39, 0.29) is 5.22 Å². The summed E-state index contributed by atoms with van der Waals surface area (Å²) in [6, 6.07) is 1.05. The number of rotatable bonds is 9. The zero-order valence-electron chi connectivity index (χ0n) is 13.1. The van der Waals surface area contributed by atoms with Crippen LogP contribution in [0.4, 0.5) is 0 Å². The number of ether oxygens (including phenoxy) is 1. The maximum atomic E-state index is 5.97. The van der Waals surface area contributed by atoms with Gasteiger partial charge in [-0.15, -0.1) is 0 Å². The molecule has 0 aromatic heterocycles. The van der Waals surface area contributed by atoms with Crippen molar-refractivity contribution in [1.29, 1.82) is 0 Å². The highest BCUT2D eigenvalue weighted by atomic mass is 28.4. The highest BCUT2D eigenvalue weighted by Gasteiger charge is 2.58. The largest absolute Gasteiger partial charge is 0.396 e. The second kappa shape index (κ2) is 8.37.